The standard InChI is InChI=1S/C10H21N3O3/c1-7(12-2)9(14)13-8(10(15)16)5-3-4-6-11/h7-8,12H,3-6,11H2,1-2H3,(H,13,14)(H,15,16). The van der Waals surface area contributed by atoms with Gasteiger partial charge in [0, 0.05) is 0 Å². The van der Waals surface area contributed by atoms with E-state index in [0.29, 0.717) is 19.4 Å². The molecule has 94 valence electrons. The number of likely N-dealkylation sites (N-methyl/N-ethyl adjacent to an activating group) is 1. The molecule has 0 fully saturated rings. The quantitative estimate of drug-likeness (QED) is 0.413. The fourth-order valence-electron chi connectivity index (χ4n) is 1.18. The first-order chi connectivity index (χ1) is 7.52. The van der Waals surface area contributed by atoms with Crippen LogP contribution in [0.15, 0.2) is 0 Å². The summed E-state index contributed by atoms with van der Waals surface area (Å²) in [5.41, 5.74) is 5.32. The second-order valence-electron chi connectivity index (χ2n) is 3.69. The second-order valence-corrected chi connectivity index (χ2v) is 3.69. The lowest BCUT2D eigenvalue weighted by molar-refractivity contribution is -0.142. The fraction of sp³-hybridized carbons (Fsp3) is 0.800. The largest absolute Gasteiger partial charge is 0.480 e. The first kappa shape index (κ1) is 14.9. The molecule has 0 bridgehead atoms. The van der Waals surface area contributed by atoms with Crippen molar-refractivity contribution in [2.24, 2.45) is 5.73 Å². The Balaban J connectivity index is 4.12. The molecule has 0 aliphatic rings. The van der Waals surface area contributed by atoms with Crippen LogP contribution in [0, 0.1) is 0 Å². The normalized spacial score (nSPS) is 14.2. The molecule has 0 aromatic heterocycles. The van der Waals surface area contributed by atoms with Crippen molar-refractivity contribution in [1.82, 2.24) is 10.6 Å². The van der Waals surface area contributed by atoms with Gasteiger partial charge in [0.25, 0.3) is 0 Å². The van der Waals surface area contributed by atoms with Crippen molar-refractivity contribution >= 4 is 11.9 Å². The van der Waals surface area contributed by atoms with Crippen LogP contribution in [0.2, 0.25) is 0 Å². The molecule has 0 spiro atoms. The summed E-state index contributed by atoms with van der Waals surface area (Å²) in [5.74, 6) is -1.31. The number of carboxylic acids is 1. The van der Waals surface area contributed by atoms with E-state index in [1.165, 1.54) is 0 Å². The van der Waals surface area contributed by atoms with E-state index >= 15 is 0 Å². The molecule has 0 aliphatic carbocycles. The summed E-state index contributed by atoms with van der Waals surface area (Å²) in [6.45, 7) is 2.21. The Morgan fingerprint density at radius 2 is 2.00 bits per heavy atom. The summed E-state index contributed by atoms with van der Waals surface area (Å²) in [6, 6.07) is -1.22. The number of nitrogens with two attached hydrogens (primary N) is 1. The van der Waals surface area contributed by atoms with Gasteiger partial charge in [0.05, 0.1) is 6.04 Å². The highest BCUT2D eigenvalue weighted by Gasteiger charge is 2.21. The molecule has 6 nitrogen and oxygen atoms in total. The van der Waals surface area contributed by atoms with Crippen LogP contribution in [0.3, 0.4) is 0 Å². The van der Waals surface area contributed by atoms with E-state index in [2.05, 4.69) is 10.6 Å². The lowest BCUT2D eigenvalue weighted by atomic mass is 10.1. The Morgan fingerprint density at radius 1 is 1.38 bits per heavy atom. The molecule has 2 unspecified atom stereocenters. The van der Waals surface area contributed by atoms with Crippen molar-refractivity contribution in [3.8, 4) is 0 Å². The molecule has 0 heterocycles. The van der Waals surface area contributed by atoms with E-state index in [1.807, 2.05) is 0 Å². The minimum Gasteiger partial charge on any atom is -0.480 e. The number of carbonyl (C=O) groups excluding carboxylic acids is 1. The van der Waals surface area contributed by atoms with Gasteiger partial charge in [-0.2, -0.15) is 0 Å². The van der Waals surface area contributed by atoms with E-state index in [1.54, 1.807) is 14.0 Å². The SMILES string of the molecule is CNC(C)C(=O)NC(CCCCN)C(=O)O. The van der Waals surface area contributed by atoms with Gasteiger partial charge in [-0.05, 0) is 39.8 Å². The maximum Gasteiger partial charge on any atom is 0.326 e. The van der Waals surface area contributed by atoms with Crippen LogP contribution in [-0.4, -0.2) is 42.7 Å². The number of carbonyl (C=O) groups is 2. The van der Waals surface area contributed by atoms with E-state index in [-0.39, 0.29) is 5.91 Å². The number of unbranched alkanes of at least 4 members (excludes halogenated alkanes) is 1. The Bertz CT molecular complexity index is 233. The van der Waals surface area contributed by atoms with Crippen molar-refractivity contribution in [3.63, 3.8) is 0 Å². The summed E-state index contributed by atoms with van der Waals surface area (Å²) in [5, 5.41) is 14.1. The number of rotatable bonds is 8. The molecular formula is C10H21N3O3. The van der Waals surface area contributed by atoms with Gasteiger partial charge in [-0.1, -0.05) is 0 Å². The maximum atomic E-state index is 11.5. The Hall–Kier alpha value is -1.14. The van der Waals surface area contributed by atoms with Crippen LogP contribution < -0.4 is 16.4 Å². The lowest BCUT2D eigenvalue weighted by Gasteiger charge is -2.17. The molecule has 0 saturated heterocycles. The maximum absolute atomic E-state index is 11.5. The van der Waals surface area contributed by atoms with Crippen molar-refractivity contribution in [3.05, 3.63) is 0 Å². The first-order valence-corrected chi connectivity index (χ1v) is 5.43. The van der Waals surface area contributed by atoms with E-state index in [9.17, 15) is 9.59 Å². The second kappa shape index (κ2) is 8.06. The zero-order valence-corrected chi connectivity index (χ0v) is 9.82. The van der Waals surface area contributed by atoms with E-state index in [0.717, 1.165) is 6.42 Å². The Morgan fingerprint density at radius 3 is 2.44 bits per heavy atom. The fourth-order valence-corrected chi connectivity index (χ4v) is 1.18. The molecule has 0 aromatic carbocycles. The van der Waals surface area contributed by atoms with Crippen LogP contribution in [0.4, 0.5) is 0 Å². The van der Waals surface area contributed by atoms with Crippen LogP contribution in [-0.2, 0) is 9.59 Å². The zero-order chi connectivity index (χ0) is 12.6. The molecule has 6 heteroatoms. The third-order valence-electron chi connectivity index (χ3n) is 2.39. The van der Waals surface area contributed by atoms with Crippen molar-refractivity contribution in [2.75, 3.05) is 13.6 Å². The van der Waals surface area contributed by atoms with Crippen molar-refractivity contribution in [1.29, 1.82) is 0 Å². The Kier molecular flexibility index (Phi) is 7.49. The number of amides is 1. The number of hydrogen-bond acceptors (Lipinski definition) is 4. The van der Waals surface area contributed by atoms with Crippen LogP contribution in [0.25, 0.3) is 0 Å². The summed E-state index contributed by atoms with van der Waals surface area (Å²) < 4.78 is 0. The van der Waals surface area contributed by atoms with Gasteiger partial charge in [0.2, 0.25) is 5.91 Å². The molecule has 0 radical (unpaired) electrons. The summed E-state index contributed by atoms with van der Waals surface area (Å²) in [6.07, 6.45) is 1.87. The predicted octanol–water partition coefficient (Wildman–Crippen LogP) is -0.707. The summed E-state index contributed by atoms with van der Waals surface area (Å²) in [4.78, 5) is 22.3. The third-order valence-corrected chi connectivity index (χ3v) is 2.39. The molecule has 0 aromatic rings. The van der Waals surface area contributed by atoms with Gasteiger partial charge in [-0.15, -0.1) is 0 Å². The van der Waals surface area contributed by atoms with Gasteiger partial charge in [0.1, 0.15) is 6.04 Å². The average molecular weight is 231 g/mol. The van der Waals surface area contributed by atoms with Gasteiger partial charge < -0.3 is 21.5 Å². The summed E-state index contributed by atoms with van der Waals surface area (Å²) in [7, 11) is 1.65. The van der Waals surface area contributed by atoms with Gasteiger partial charge in [-0.25, -0.2) is 4.79 Å². The van der Waals surface area contributed by atoms with Crippen LogP contribution in [0.1, 0.15) is 26.2 Å². The van der Waals surface area contributed by atoms with Crippen LogP contribution >= 0.6 is 0 Å². The Labute approximate surface area is 95.6 Å². The molecule has 5 N–H and O–H groups in total. The molecule has 0 aliphatic heterocycles. The molecule has 2 atom stereocenters. The van der Waals surface area contributed by atoms with Crippen molar-refractivity contribution in [2.45, 2.75) is 38.3 Å². The first-order valence-electron chi connectivity index (χ1n) is 5.43. The summed E-state index contributed by atoms with van der Waals surface area (Å²) >= 11 is 0. The minimum absolute atomic E-state index is 0.303. The topological polar surface area (TPSA) is 104 Å². The molecule has 16 heavy (non-hydrogen) atoms. The highest BCUT2D eigenvalue weighted by atomic mass is 16.4. The molecular weight excluding hydrogens is 210 g/mol. The van der Waals surface area contributed by atoms with Crippen molar-refractivity contribution < 1.29 is 14.7 Å². The zero-order valence-electron chi connectivity index (χ0n) is 9.82. The van der Waals surface area contributed by atoms with Gasteiger partial charge in [-0.3, -0.25) is 4.79 Å². The van der Waals surface area contributed by atoms with Gasteiger partial charge in [0.15, 0.2) is 0 Å². The predicted molar refractivity (Wildman–Crippen MR) is 61.0 cm³/mol. The van der Waals surface area contributed by atoms with Gasteiger partial charge >= 0.3 is 5.97 Å². The number of nitrogens with one attached hydrogen (secondary N) is 2. The monoisotopic (exact) mass is 231 g/mol. The minimum atomic E-state index is -1.01. The number of hydrogen-bond donors (Lipinski definition) is 4. The molecule has 0 saturated carbocycles. The van der Waals surface area contributed by atoms with Crippen LogP contribution in [0.5, 0.6) is 0 Å². The third kappa shape index (κ3) is 5.67. The highest BCUT2D eigenvalue weighted by Crippen LogP contribution is 2.01. The average Bonchev–Trinajstić information content (AvgIpc) is 2.26. The molecule has 0 rings (SSSR count). The van der Waals surface area contributed by atoms with E-state index in [4.69, 9.17) is 10.8 Å². The number of carboxylic acid groups (broad SMARTS) is 1. The van der Waals surface area contributed by atoms with E-state index < -0.39 is 18.1 Å². The number of aliphatic carboxylic acids is 1. The highest BCUT2D eigenvalue weighted by molar-refractivity contribution is 5.86. The molecule has 1 amide bonds. The lowest BCUT2D eigenvalue weighted by Crippen LogP contribution is -2.48. The smallest absolute Gasteiger partial charge is 0.326 e.